The summed E-state index contributed by atoms with van der Waals surface area (Å²) in [5.74, 6) is 2.17. The average molecular weight is 411 g/mol. The lowest BCUT2D eigenvalue weighted by Crippen LogP contribution is -2.43. The Morgan fingerprint density at radius 3 is 2.83 bits per heavy atom. The molecule has 1 saturated heterocycles. The Morgan fingerprint density at radius 2 is 2.07 bits per heavy atom. The van der Waals surface area contributed by atoms with Crippen molar-refractivity contribution in [2.75, 3.05) is 12.3 Å². The van der Waals surface area contributed by atoms with E-state index in [2.05, 4.69) is 30.1 Å². The highest BCUT2D eigenvalue weighted by Gasteiger charge is 2.24. The summed E-state index contributed by atoms with van der Waals surface area (Å²) in [4.78, 5) is 14.8. The van der Waals surface area contributed by atoms with Crippen LogP contribution in [-0.4, -0.2) is 43.9 Å². The molecule has 1 aliphatic rings. The second-order valence-electron chi connectivity index (χ2n) is 7.51. The first-order valence-electron chi connectivity index (χ1n) is 10.1. The molecular formula is C22H26N4O2S. The highest BCUT2D eigenvalue weighted by molar-refractivity contribution is 7.99. The van der Waals surface area contributed by atoms with Crippen molar-refractivity contribution >= 4 is 17.7 Å². The third kappa shape index (κ3) is 4.40. The molecule has 3 heterocycles. The Balaban J connectivity index is 1.58. The second kappa shape index (κ2) is 8.86. The van der Waals surface area contributed by atoms with Crippen LogP contribution >= 0.6 is 11.8 Å². The molecule has 0 aliphatic carbocycles. The number of hydrogen-bond donors (Lipinski definition) is 0. The van der Waals surface area contributed by atoms with Gasteiger partial charge in [0, 0.05) is 18.2 Å². The number of nitrogens with zero attached hydrogens (tertiary/aromatic N) is 4. The molecule has 1 amide bonds. The van der Waals surface area contributed by atoms with Crippen LogP contribution in [0, 0.1) is 6.92 Å². The Morgan fingerprint density at radius 1 is 1.21 bits per heavy atom. The SMILES string of the molecule is Cc1ccccc1-c1nnc(SCC(=O)N2CCCCC2C)n1Cc1ccco1. The van der Waals surface area contributed by atoms with Gasteiger partial charge in [-0.1, -0.05) is 36.0 Å². The van der Waals surface area contributed by atoms with Crippen LogP contribution in [0.25, 0.3) is 11.4 Å². The van der Waals surface area contributed by atoms with Crippen LogP contribution in [-0.2, 0) is 11.3 Å². The summed E-state index contributed by atoms with van der Waals surface area (Å²) in [5.41, 5.74) is 2.17. The van der Waals surface area contributed by atoms with Gasteiger partial charge in [-0.15, -0.1) is 10.2 Å². The van der Waals surface area contributed by atoms with E-state index in [0.29, 0.717) is 18.3 Å². The van der Waals surface area contributed by atoms with Crippen molar-refractivity contribution in [3.05, 3.63) is 54.0 Å². The highest BCUT2D eigenvalue weighted by Crippen LogP contribution is 2.28. The fraction of sp³-hybridized carbons (Fsp3) is 0.409. The van der Waals surface area contributed by atoms with E-state index < -0.39 is 0 Å². The van der Waals surface area contributed by atoms with Crippen LogP contribution in [0.5, 0.6) is 0 Å². The minimum absolute atomic E-state index is 0.173. The number of carbonyl (C=O) groups is 1. The van der Waals surface area contributed by atoms with Crippen molar-refractivity contribution in [2.24, 2.45) is 0 Å². The first-order valence-corrected chi connectivity index (χ1v) is 11.1. The fourth-order valence-corrected chi connectivity index (χ4v) is 4.62. The number of hydrogen-bond acceptors (Lipinski definition) is 5. The van der Waals surface area contributed by atoms with Crippen molar-refractivity contribution in [1.82, 2.24) is 19.7 Å². The molecule has 0 bridgehead atoms. The molecule has 1 fully saturated rings. The van der Waals surface area contributed by atoms with Crippen LogP contribution in [0.3, 0.4) is 0 Å². The summed E-state index contributed by atoms with van der Waals surface area (Å²) in [6, 6.07) is 12.3. The highest BCUT2D eigenvalue weighted by atomic mass is 32.2. The molecule has 0 radical (unpaired) electrons. The van der Waals surface area contributed by atoms with E-state index in [1.54, 1.807) is 6.26 Å². The Labute approximate surface area is 175 Å². The van der Waals surface area contributed by atoms with Gasteiger partial charge in [0.25, 0.3) is 0 Å². The number of carbonyl (C=O) groups excluding carboxylic acids is 1. The lowest BCUT2D eigenvalue weighted by molar-refractivity contribution is -0.131. The van der Waals surface area contributed by atoms with Gasteiger partial charge in [-0.3, -0.25) is 9.36 Å². The molecule has 1 unspecified atom stereocenters. The van der Waals surface area contributed by atoms with Gasteiger partial charge in [0.2, 0.25) is 5.91 Å². The van der Waals surface area contributed by atoms with E-state index in [0.717, 1.165) is 47.3 Å². The molecular weight excluding hydrogens is 384 g/mol. The van der Waals surface area contributed by atoms with E-state index in [9.17, 15) is 4.79 Å². The van der Waals surface area contributed by atoms with Crippen LogP contribution in [0.2, 0.25) is 0 Å². The predicted molar refractivity (Wildman–Crippen MR) is 114 cm³/mol. The number of furan rings is 1. The molecule has 6 nitrogen and oxygen atoms in total. The van der Waals surface area contributed by atoms with E-state index in [1.807, 2.05) is 39.8 Å². The normalized spacial score (nSPS) is 16.9. The van der Waals surface area contributed by atoms with Crippen LogP contribution in [0.15, 0.2) is 52.2 Å². The maximum absolute atomic E-state index is 12.8. The summed E-state index contributed by atoms with van der Waals surface area (Å²) in [6.45, 7) is 5.58. The van der Waals surface area contributed by atoms with Gasteiger partial charge in [-0.25, -0.2) is 0 Å². The molecule has 152 valence electrons. The summed E-state index contributed by atoms with van der Waals surface area (Å²) >= 11 is 1.45. The van der Waals surface area contributed by atoms with Crippen molar-refractivity contribution in [3.8, 4) is 11.4 Å². The van der Waals surface area contributed by atoms with Gasteiger partial charge in [0.15, 0.2) is 11.0 Å². The topological polar surface area (TPSA) is 64.2 Å². The largest absolute Gasteiger partial charge is 0.467 e. The van der Waals surface area contributed by atoms with Gasteiger partial charge in [-0.05, 0) is 50.8 Å². The molecule has 1 atom stereocenters. The van der Waals surface area contributed by atoms with E-state index in [-0.39, 0.29) is 5.91 Å². The molecule has 3 aromatic rings. The van der Waals surface area contributed by atoms with Crippen molar-refractivity contribution < 1.29 is 9.21 Å². The van der Waals surface area contributed by atoms with Gasteiger partial charge < -0.3 is 9.32 Å². The number of piperidine rings is 1. The lowest BCUT2D eigenvalue weighted by Gasteiger charge is -2.33. The van der Waals surface area contributed by atoms with E-state index in [4.69, 9.17) is 4.42 Å². The smallest absolute Gasteiger partial charge is 0.233 e. The van der Waals surface area contributed by atoms with Gasteiger partial charge in [0.05, 0.1) is 18.6 Å². The maximum atomic E-state index is 12.8. The number of aryl methyl sites for hydroxylation is 1. The molecule has 1 aromatic carbocycles. The van der Waals surface area contributed by atoms with Crippen LogP contribution < -0.4 is 0 Å². The zero-order valence-electron chi connectivity index (χ0n) is 16.9. The number of benzene rings is 1. The average Bonchev–Trinajstić information content (AvgIpc) is 3.37. The molecule has 2 aromatic heterocycles. The fourth-order valence-electron chi connectivity index (χ4n) is 3.80. The molecule has 4 rings (SSSR count). The Kier molecular flexibility index (Phi) is 6.04. The van der Waals surface area contributed by atoms with Crippen LogP contribution in [0.1, 0.15) is 37.5 Å². The minimum Gasteiger partial charge on any atom is -0.467 e. The molecule has 7 heteroatoms. The van der Waals surface area contributed by atoms with Crippen molar-refractivity contribution in [2.45, 2.75) is 50.9 Å². The molecule has 29 heavy (non-hydrogen) atoms. The monoisotopic (exact) mass is 410 g/mol. The van der Waals surface area contributed by atoms with Crippen LogP contribution in [0.4, 0.5) is 0 Å². The number of aromatic nitrogens is 3. The lowest BCUT2D eigenvalue weighted by atomic mass is 10.0. The van der Waals surface area contributed by atoms with Crippen molar-refractivity contribution in [1.29, 1.82) is 0 Å². The van der Waals surface area contributed by atoms with Crippen molar-refractivity contribution in [3.63, 3.8) is 0 Å². The quantitative estimate of drug-likeness (QED) is 0.564. The first-order chi connectivity index (χ1) is 14.1. The number of rotatable bonds is 6. The molecule has 0 spiro atoms. The minimum atomic E-state index is 0.173. The Hall–Kier alpha value is -2.54. The number of amides is 1. The van der Waals surface area contributed by atoms with Gasteiger partial charge in [0.1, 0.15) is 5.76 Å². The maximum Gasteiger partial charge on any atom is 0.233 e. The second-order valence-corrected chi connectivity index (χ2v) is 8.45. The van der Waals surface area contributed by atoms with E-state index >= 15 is 0 Å². The Bertz CT molecular complexity index is 967. The third-order valence-electron chi connectivity index (χ3n) is 5.44. The predicted octanol–water partition coefficient (Wildman–Crippen LogP) is 4.39. The zero-order chi connectivity index (χ0) is 20.2. The molecule has 0 saturated carbocycles. The molecule has 0 N–H and O–H groups in total. The summed E-state index contributed by atoms with van der Waals surface area (Å²) < 4.78 is 7.60. The zero-order valence-corrected chi connectivity index (χ0v) is 17.7. The standard InChI is InChI=1S/C22H26N4O2S/c1-16-8-3-4-11-19(16)21-23-24-22(26(21)14-18-10-7-13-28-18)29-15-20(27)25-12-6-5-9-17(25)2/h3-4,7-8,10-11,13,17H,5-6,9,12,14-15H2,1-2H3. The summed E-state index contributed by atoms with van der Waals surface area (Å²) in [7, 11) is 0. The van der Waals surface area contributed by atoms with Gasteiger partial charge in [-0.2, -0.15) is 0 Å². The summed E-state index contributed by atoms with van der Waals surface area (Å²) in [5, 5.41) is 9.61. The summed E-state index contributed by atoms with van der Waals surface area (Å²) in [6.07, 6.45) is 5.05. The number of likely N-dealkylation sites (tertiary alicyclic amines) is 1. The third-order valence-corrected chi connectivity index (χ3v) is 6.40. The van der Waals surface area contributed by atoms with Gasteiger partial charge >= 0.3 is 0 Å². The number of thioether (sulfide) groups is 1. The first kappa shape index (κ1) is 19.8. The van der Waals surface area contributed by atoms with E-state index in [1.165, 1.54) is 18.2 Å². The molecule has 1 aliphatic heterocycles.